The van der Waals surface area contributed by atoms with Crippen molar-refractivity contribution in [3.8, 4) is 0 Å². The van der Waals surface area contributed by atoms with Gasteiger partial charge in [-0.15, -0.1) is 0 Å². The average Bonchev–Trinajstić information content (AvgIpc) is 1.87. The molecule has 0 aliphatic carbocycles. The minimum atomic E-state index is -0.383. The molecular formula is C3H2BrN2O. The summed E-state index contributed by atoms with van der Waals surface area (Å²) < 4.78 is 0.623. The van der Waals surface area contributed by atoms with Crippen LogP contribution in [0.1, 0.15) is 0 Å². The molecule has 0 aromatic carbocycles. The first kappa shape index (κ1) is 4.77. The number of nitrogens with zero attached hydrogens (tertiary/aromatic N) is 2. The smallest absolute Gasteiger partial charge is 0.244 e. The lowest BCUT2D eigenvalue weighted by molar-refractivity contribution is 0.251. The fourth-order valence-corrected chi connectivity index (χ4v) is 0.584. The number of hydrogen-bond acceptors (Lipinski definition) is 1. The van der Waals surface area contributed by atoms with Gasteiger partial charge in [0.15, 0.2) is 0 Å². The Hall–Kier alpha value is -0.380. The van der Waals surface area contributed by atoms with Crippen LogP contribution in [0.4, 0.5) is 4.79 Å². The molecule has 1 heterocycles. The van der Waals surface area contributed by atoms with E-state index in [4.69, 9.17) is 0 Å². The van der Waals surface area contributed by atoms with Gasteiger partial charge in [0.25, 0.3) is 0 Å². The standard InChI is InChI=1S/C3H2BrN2O/c4-2-1-5-3(7)6-2/h1H2. The Morgan fingerprint density at radius 1 is 1.71 bits per heavy atom. The molecule has 0 aromatic heterocycles. The van der Waals surface area contributed by atoms with Crippen LogP contribution < -0.4 is 5.32 Å². The van der Waals surface area contributed by atoms with Gasteiger partial charge in [0.1, 0.15) is 4.62 Å². The van der Waals surface area contributed by atoms with Gasteiger partial charge in [-0.25, -0.2) is 10.1 Å². The summed E-state index contributed by atoms with van der Waals surface area (Å²) in [4.78, 5) is 13.5. The summed E-state index contributed by atoms with van der Waals surface area (Å²) in [6, 6.07) is -0.383. The van der Waals surface area contributed by atoms with E-state index in [0.717, 1.165) is 0 Å². The van der Waals surface area contributed by atoms with E-state index in [-0.39, 0.29) is 6.03 Å². The largest absolute Gasteiger partial charge is 0.363 e. The lowest BCUT2D eigenvalue weighted by Gasteiger charge is -1.74. The lowest BCUT2D eigenvalue weighted by atomic mass is 10.8. The molecule has 1 rings (SSSR count). The molecule has 3 nitrogen and oxygen atoms in total. The van der Waals surface area contributed by atoms with Crippen molar-refractivity contribution in [3.05, 3.63) is 0 Å². The first-order valence-corrected chi connectivity index (χ1v) is 2.53. The second-order valence-electron chi connectivity index (χ2n) is 1.09. The predicted molar refractivity (Wildman–Crippen MR) is 28.8 cm³/mol. The highest BCUT2D eigenvalue weighted by atomic mass is 79.9. The third-order valence-corrected chi connectivity index (χ3v) is 0.990. The Morgan fingerprint density at radius 2 is 2.43 bits per heavy atom. The number of aliphatic imine (C=N–C) groups is 1. The van der Waals surface area contributed by atoms with Crippen LogP contribution in [0.15, 0.2) is 4.99 Å². The number of amides is 2. The van der Waals surface area contributed by atoms with Crippen molar-refractivity contribution in [2.75, 3.05) is 6.54 Å². The summed E-state index contributed by atoms with van der Waals surface area (Å²) in [7, 11) is 0. The Balaban J connectivity index is 2.67. The third kappa shape index (κ3) is 0.991. The first-order valence-electron chi connectivity index (χ1n) is 1.73. The highest BCUT2D eigenvalue weighted by Gasteiger charge is 2.10. The van der Waals surface area contributed by atoms with Crippen molar-refractivity contribution in [3.63, 3.8) is 0 Å². The molecule has 0 bridgehead atoms. The quantitative estimate of drug-likeness (QED) is 0.511. The summed E-state index contributed by atoms with van der Waals surface area (Å²) in [5.74, 6) is 0. The van der Waals surface area contributed by atoms with Crippen LogP contribution in [0.2, 0.25) is 0 Å². The van der Waals surface area contributed by atoms with Gasteiger partial charge in [0.05, 0.1) is 6.54 Å². The van der Waals surface area contributed by atoms with Gasteiger partial charge >= 0.3 is 6.03 Å². The molecule has 0 spiro atoms. The topological polar surface area (TPSA) is 43.5 Å². The summed E-state index contributed by atoms with van der Waals surface area (Å²) >= 11 is 3.01. The zero-order valence-corrected chi connectivity index (χ0v) is 4.97. The maximum atomic E-state index is 10.1. The van der Waals surface area contributed by atoms with Gasteiger partial charge in [-0.3, -0.25) is 0 Å². The predicted octanol–water partition coefficient (Wildman–Crippen LogP) is 0.518. The molecule has 0 N–H and O–H groups in total. The summed E-state index contributed by atoms with van der Waals surface area (Å²) in [5, 5.41) is 3.43. The van der Waals surface area contributed by atoms with E-state index in [2.05, 4.69) is 26.2 Å². The van der Waals surface area contributed by atoms with Crippen LogP contribution >= 0.6 is 15.9 Å². The molecular weight excluding hydrogens is 160 g/mol. The molecule has 0 fully saturated rings. The van der Waals surface area contributed by atoms with Crippen molar-refractivity contribution >= 4 is 26.6 Å². The Morgan fingerprint density at radius 3 is 2.57 bits per heavy atom. The third-order valence-electron chi connectivity index (χ3n) is 0.562. The minimum absolute atomic E-state index is 0.383. The second kappa shape index (κ2) is 1.61. The fraction of sp³-hybridized carbons (Fsp3) is 0.333. The fourth-order valence-electron chi connectivity index (χ4n) is 0.307. The second-order valence-corrected chi connectivity index (χ2v) is 2.00. The SMILES string of the molecule is O=C1[N]CC(Br)=N1. The maximum absolute atomic E-state index is 10.1. The van der Waals surface area contributed by atoms with E-state index in [1.165, 1.54) is 0 Å². The molecule has 1 aliphatic heterocycles. The van der Waals surface area contributed by atoms with Crippen LogP contribution in [0.3, 0.4) is 0 Å². The number of rotatable bonds is 0. The molecule has 0 saturated heterocycles. The van der Waals surface area contributed by atoms with Crippen LogP contribution in [0.25, 0.3) is 0 Å². The van der Waals surface area contributed by atoms with Crippen molar-refractivity contribution in [1.29, 1.82) is 0 Å². The molecule has 4 heteroatoms. The highest BCUT2D eigenvalue weighted by molar-refractivity contribution is 9.18. The van der Waals surface area contributed by atoms with Gasteiger partial charge < -0.3 is 0 Å². The zero-order chi connectivity index (χ0) is 5.28. The monoisotopic (exact) mass is 161 g/mol. The van der Waals surface area contributed by atoms with E-state index in [9.17, 15) is 4.79 Å². The Labute approximate surface area is 48.9 Å². The number of carbonyl (C=O) groups excluding carboxylic acids is 1. The number of halogens is 1. The normalized spacial score (nSPS) is 19.0. The Bertz CT molecular complexity index is 131. The van der Waals surface area contributed by atoms with Gasteiger partial charge in [-0.1, -0.05) is 0 Å². The molecule has 1 aliphatic rings. The molecule has 37 valence electrons. The van der Waals surface area contributed by atoms with E-state index < -0.39 is 0 Å². The van der Waals surface area contributed by atoms with Crippen molar-refractivity contribution < 1.29 is 4.79 Å². The molecule has 7 heavy (non-hydrogen) atoms. The van der Waals surface area contributed by atoms with Crippen LogP contribution in [0, 0.1) is 0 Å². The highest BCUT2D eigenvalue weighted by Crippen LogP contribution is 1.96. The first-order chi connectivity index (χ1) is 3.29. The van der Waals surface area contributed by atoms with Gasteiger partial charge in [-0.05, 0) is 15.9 Å². The molecule has 0 atom stereocenters. The van der Waals surface area contributed by atoms with Crippen molar-refractivity contribution in [2.45, 2.75) is 0 Å². The van der Waals surface area contributed by atoms with Gasteiger partial charge in [-0.2, -0.15) is 4.99 Å². The Kier molecular flexibility index (Phi) is 1.10. The lowest BCUT2D eigenvalue weighted by Crippen LogP contribution is -2.04. The zero-order valence-electron chi connectivity index (χ0n) is 3.39. The van der Waals surface area contributed by atoms with E-state index in [0.29, 0.717) is 11.2 Å². The number of hydrogen-bond donors (Lipinski definition) is 0. The van der Waals surface area contributed by atoms with E-state index >= 15 is 0 Å². The summed E-state index contributed by atoms with van der Waals surface area (Å²) in [5.41, 5.74) is 0. The average molecular weight is 162 g/mol. The van der Waals surface area contributed by atoms with Crippen molar-refractivity contribution in [2.24, 2.45) is 4.99 Å². The maximum Gasteiger partial charge on any atom is 0.363 e. The minimum Gasteiger partial charge on any atom is -0.244 e. The summed E-state index contributed by atoms with van der Waals surface area (Å²) in [6.07, 6.45) is 0. The van der Waals surface area contributed by atoms with Crippen LogP contribution in [-0.2, 0) is 0 Å². The molecule has 2 amide bonds. The van der Waals surface area contributed by atoms with Gasteiger partial charge in [0.2, 0.25) is 0 Å². The van der Waals surface area contributed by atoms with Crippen LogP contribution in [-0.4, -0.2) is 17.2 Å². The molecule has 0 aromatic rings. The number of urea groups is 1. The van der Waals surface area contributed by atoms with Crippen molar-refractivity contribution in [1.82, 2.24) is 5.32 Å². The van der Waals surface area contributed by atoms with Gasteiger partial charge in [0, 0.05) is 0 Å². The molecule has 0 saturated carbocycles. The van der Waals surface area contributed by atoms with E-state index in [1.54, 1.807) is 0 Å². The van der Waals surface area contributed by atoms with Crippen LogP contribution in [0.5, 0.6) is 0 Å². The number of carbonyl (C=O) groups is 1. The van der Waals surface area contributed by atoms with E-state index in [1.807, 2.05) is 0 Å². The summed E-state index contributed by atoms with van der Waals surface area (Å²) in [6.45, 7) is 0.416. The molecule has 1 radical (unpaired) electrons. The molecule has 0 unspecified atom stereocenters.